The average molecular weight is 223 g/mol. The van der Waals surface area contributed by atoms with E-state index in [0.717, 1.165) is 16.7 Å². The fraction of sp³-hybridized carbons (Fsp3) is 0.571. The molecule has 1 nitrogen and oxygen atoms in total. The smallest absolute Gasteiger partial charge is 0.127 e. The Kier molecular flexibility index (Phi) is 3.74. The molecule has 16 heavy (non-hydrogen) atoms. The van der Waals surface area contributed by atoms with Crippen LogP contribution in [-0.2, 0) is 5.41 Å². The highest BCUT2D eigenvalue weighted by atomic mass is 19.1. The molecule has 1 atom stereocenters. The van der Waals surface area contributed by atoms with E-state index >= 15 is 0 Å². The molecule has 0 aliphatic heterocycles. The highest BCUT2D eigenvalue weighted by Crippen LogP contribution is 2.30. The summed E-state index contributed by atoms with van der Waals surface area (Å²) >= 11 is 0. The number of hydrogen-bond donors (Lipinski definition) is 1. The van der Waals surface area contributed by atoms with Crippen LogP contribution >= 0.6 is 0 Å². The molecule has 0 fully saturated rings. The maximum Gasteiger partial charge on any atom is 0.127 e. The van der Waals surface area contributed by atoms with Crippen molar-refractivity contribution in [2.24, 2.45) is 0 Å². The molecule has 1 N–H and O–H groups in total. The number of hydrogen-bond acceptors (Lipinski definition) is 1. The number of halogens is 1. The summed E-state index contributed by atoms with van der Waals surface area (Å²) in [6.45, 7) is 10.1. The van der Waals surface area contributed by atoms with Crippen LogP contribution in [0.15, 0.2) is 12.1 Å². The van der Waals surface area contributed by atoms with E-state index in [4.69, 9.17) is 0 Å². The topological polar surface area (TPSA) is 12.0 Å². The number of benzene rings is 1. The zero-order valence-corrected chi connectivity index (χ0v) is 11.1. The molecule has 1 unspecified atom stereocenters. The van der Waals surface area contributed by atoms with Crippen LogP contribution in [0.1, 0.15) is 50.4 Å². The maximum absolute atomic E-state index is 14.1. The summed E-state index contributed by atoms with van der Waals surface area (Å²) in [6.07, 6.45) is 0. The van der Waals surface area contributed by atoms with Gasteiger partial charge in [-0.3, -0.25) is 0 Å². The van der Waals surface area contributed by atoms with Crippen LogP contribution < -0.4 is 5.32 Å². The van der Waals surface area contributed by atoms with Gasteiger partial charge in [0.15, 0.2) is 0 Å². The Bertz CT molecular complexity index is 354. The van der Waals surface area contributed by atoms with Crippen molar-refractivity contribution in [3.63, 3.8) is 0 Å². The second kappa shape index (κ2) is 4.54. The van der Waals surface area contributed by atoms with Crippen molar-refractivity contribution in [1.82, 2.24) is 5.32 Å². The van der Waals surface area contributed by atoms with Crippen molar-refractivity contribution in [2.75, 3.05) is 7.05 Å². The van der Waals surface area contributed by atoms with E-state index in [1.54, 1.807) is 6.07 Å². The molecule has 0 aliphatic carbocycles. The lowest BCUT2D eigenvalue weighted by Crippen LogP contribution is -2.18. The highest BCUT2D eigenvalue weighted by Gasteiger charge is 2.22. The van der Waals surface area contributed by atoms with Crippen LogP contribution in [0.3, 0.4) is 0 Å². The Morgan fingerprint density at radius 1 is 1.25 bits per heavy atom. The molecule has 1 aromatic carbocycles. The number of aryl methyl sites for hydroxylation is 1. The minimum Gasteiger partial charge on any atom is -0.313 e. The third-order valence-electron chi connectivity index (χ3n) is 2.99. The van der Waals surface area contributed by atoms with Gasteiger partial charge >= 0.3 is 0 Å². The van der Waals surface area contributed by atoms with Crippen molar-refractivity contribution in [2.45, 2.75) is 46.1 Å². The summed E-state index contributed by atoms with van der Waals surface area (Å²) in [5.74, 6) is -0.0930. The fourth-order valence-electron chi connectivity index (χ4n) is 2.14. The molecular formula is C14H22FN. The molecule has 1 rings (SSSR count). The Morgan fingerprint density at radius 2 is 1.81 bits per heavy atom. The van der Waals surface area contributed by atoms with Crippen LogP contribution in [0.25, 0.3) is 0 Å². The van der Waals surface area contributed by atoms with E-state index in [9.17, 15) is 4.39 Å². The second-order valence-corrected chi connectivity index (χ2v) is 5.45. The Morgan fingerprint density at radius 3 is 2.19 bits per heavy atom. The third-order valence-corrected chi connectivity index (χ3v) is 2.99. The molecule has 0 radical (unpaired) electrons. The fourth-order valence-corrected chi connectivity index (χ4v) is 2.14. The van der Waals surface area contributed by atoms with Gasteiger partial charge < -0.3 is 5.32 Å². The quantitative estimate of drug-likeness (QED) is 0.806. The molecule has 0 spiro atoms. The molecule has 0 aromatic heterocycles. The van der Waals surface area contributed by atoms with Crippen molar-refractivity contribution >= 4 is 0 Å². The molecule has 2 heteroatoms. The minimum absolute atomic E-state index is 0.0930. The molecule has 0 bridgehead atoms. The highest BCUT2D eigenvalue weighted by molar-refractivity contribution is 5.38. The van der Waals surface area contributed by atoms with E-state index in [0.29, 0.717) is 0 Å². The van der Waals surface area contributed by atoms with Gasteiger partial charge in [0.2, 0.25) is 0 Å². The summed E-state index contributed by atoms with van der Waals surface area (Å²) in [4.78, 5) is 0. The van der Waals surface area contributed by atoms with Crippen LogP contribution in [0.2, 0.25) is 0 Å². The van der Waals surface area contributed by atoms with E-state index in [-0.39, 0.29) is 17.3 Å². The average Bonchev–Trinajstić information content (AvgIpc) is 2.13. The van der Waals surface area contributed by atoms with Gasteiger partial charge in [-0.1, -0.05) is 26.8 Å². The summed E-state index contributed by atoms with van der Waals surface area (Å²) in [5.41, 5.74) is 2.71. The monoisotopic (exact) mass is 223 g/mol. The normalized spacial score (nSPS) is 13.9. The largest absolute Gasteiger partial charge is 0.313 e. The Balaban J connectivity index is 3.28. The van der Waals surface area contributed by atoms with Crippen molar-refractivity contribution < 1.29 is 4.39 Å². The zero-order chi connectivity index (χ0) is 12.5. The van der Waals surface area contributed by atoms with E-state index < -0.39 is 0 Å². The van der Waals surface area contributed by atoms with E-state index in [1.165, 1.54) is 0 Å². The first kappa shape index (κ1) is 13.2. The lowest BCUT2D eigenvalue weighted by atomic mass is 9.82. The standard InChI is InChI=1S/C14H22FN/c1-9-7-11(10(2)16-6)8-12(15)13(9)14(3,4)5/h7-8,10,16H,1-6H3. The molecule has 90 valence electrons. The number of rotatable bonds is 2. The van der Waals surface area contributed by atoms with Crippen LogP contribution in [-0.4, -0.2) is 7.05 Å². The predicted octanol–water partition coefficient (Wildman–Crippen LogP) is 3.71. The number of nitrogens with one attached hydrogen (secondary N) is 1. The van der Waals surface area contributed by atoms with Crippen molar-refractivity contribution in [3.8, 4) is 0 Å². The van der Waals surface area contributed by atoms with Crippen LogP contribution in [0.4, 0.5) is 4.39 Å². The lowest BCUT2D eigenvalue weighted by Gasteiger charge is -2.24. The molecule has 0 aliphatic rings. The molecule has 0 heterocycles. The van der Waals surface area contributed by atoms with Crippen LogP contribution in [0.5, 0.6) is 0 Å². The lowest BCUT2D eigenvalue weighted by molar-refractivity contribution is 0.515. The van der Waals surface area contributed by atoms with Gasteiger partial charge in [0.1, 0.15) is 5.82 Å². The van der Waals surface area contributed by atoms with Gasteiger partial charge in [0.25, 0.3) is 0 Å². The third kappa shape index (κ3) is 2.62. The first-order chi connectivity index (χ1) is 7.27. The van der Waals surface area contributed by atoms with E-state index in [1.807, 2.05) is 41.7 Å². The second-order valence-electron chi connectivity index (χ2n) is 5.45. The summed E-state index contributed by atoms with van der Waals surface area (Å²) in [6, 6.07) is 3.90. The van der Waals surface area contributed by atoms with Crippen LogP contribution in [0, 0.1) is 12.7 Å². The van der Waals surface area contributed by atoms with Gasteiger partial charge in [-0.25, -0.2) is 4.39 Å². The SMILES string of the molecule is CNC(C)c1cc(C)c(C(C)(C)C)c(F)c1. The molecule has 1 aromatic rings. The first-order valence-electron chi connectivity index (χ1n) is 5.75. The summed E-state index contributed by atoms with van der Waals surface area (Å²) < 4.78 is 14.1. The predicted molar refractivity (Wildman–Crippen MR) is 67.3 cm³/mol. The van der Waals surface area contributed by atoms with Crippen molar-refractivity contribution in [1.29, 1.82) is 0 Å². The summed E-state index contributed by atoms with van der Waals surface area (Å²) in [7, 11) is 1.88. The van der Waals surface area contributed by atoms with Gasteiger partial charge in [-0.05, 0) is 49.1 Å². The Labute approximate surface area is 98.1 Å². The van der Waals surface area contributed by atoms with Gasteiger partial charge in [0.05, 0.1) is 0 Å². The first-order valence-corrected chi connectivity index (χ1v) is 5.75. The van der Waals surface area contributed by atoms with Gasteiger partial charge in [-0.2, -0.15) is 0 Å². The summed E-state index contributed by atoms with van der Waals surface area (Å²) in [5, 5.41) is 3.13. The molecule has 0 amide bonds. The minimum atomic E-state index is -0.143. The van der Waals surface area contributed by atoms with E-state index in [2.05, 4.69) is 11.4 Å². The van der Waals surface area contributed by atoms with Gasteiger partial charge in [-0.15, -0.1) is 0 Å². The van der Waals surface area contributed by atoms with Gasteiger partial charge in [0, 0.05) is 6.04 Å². The van der Waals surface area contributed by atoms with Crippen molar-refractivity contribution in [3.05, 3.63) is 34.6 Å². The maximum atomic E-state index is 14.1. The Hall–Kier alpha value is -0.890. The molecular weight excluding hydrogens is 201 g/mol. The zero-order valence-electron chi connectivity index (χ0n) is 11.1. The molecule has 0 saturated carbocycles. The molecule has 0 saturated heterocycles.